The Kier molecular flexibility index (Phi) is 6.22. The fraction of sp³-hybridized carbons (Fsp3) is 0.304. The Morgan fingerprint density at radius 3 is 2.62 bits per heavy atom. The molecular weight excluding hydrogens is 366 g/mol. The van der Waals surface area contributed by atoms with Gasteiger partial charge in [0.2, 0.25) is 5.56 Å². The summed E-state index contributed by atoms with van der Waals surface area (Å²) in [6, 6.07) is 12.8. The van der Waals surface area contributed by atoms with E-state index in [1.807, 2.05) is 64.1 Å². The first-order chi connectivity index (χ1) is 13.9. The Labute approximate surface area is 170 Å². The molecule has 3 aromatic rings. The van der Waals surface area contributed by atoms with Crippen LogP contribution in [-0.4, -0.2) is 29.1 Å². The molecule has 0 fully saturated rings. The highest BCUT2D eigenvalue weighted by Gasteiger charge is 2.17. The number of rotatable bonds is 6. The van der Waals surface area contributed by atoms with E-state index >= 15 is 0 Å². The molecule has 3 rings (SSSR count). The zero-order valence-electron chi connectivity index (χ0n) is 17.3. The lowest BCUT2D eigenvalue weighted by atomic mass is 10.0. The summed E-state index contributed by atoms with van der Waals surface area (Å²) in [5.41, 5.74) is 4.22. The summed E-state index contributed by atoms with van der Waals surface area (Å²) in [6.45, 7) is 9.17. The second kappa shape index (κ2) is 8.82. The van der Waals surface area contributed by atoms with E-state index in [0.717, 1.165) is 27.6 Å². The van der Waals surface area contributed by atoms with Gasteiger partial charge in [-0.2, -0.15) is 0 Å². The average Bonchev–Trinajstić information content (AvgIpc) is 2.68. The van der Waals surface area contributed by atoms with Gasteiger partial charge < -0.3 is 19.9 Å². The number of para-hydroxylation sites is 2. The molecule has 6 heteroatoms. The van der Waals surface area contributed by atoms with Gasteiger partial charge in [0.15, 0.2) is 0 Å². The summed E-state index contributed by atoms with van der Waals surface area (Å²) < 4.78 is 5.59. The highest BCUT2D eigenvalue weighted by atomic mass is 16.5. The fourth-order valence-electron chi connectivity index (χ4n) is 3.49. The zero-order chi connectivity index (χ0) is 21.0. The van der Waals surface area contributed by atoms with Crippen LogP contribution in [-0.2, 0) is 6.54 Å². The molecule has 0 aliphatic rings. The summed E-state index contributed by atoms with van der Waals surface area (Å²) in [5.74, 6) is 0.632. The number of urea groups is 1. The molecule has 0 aliphatic carbocycles. The number of nitrogens with one attached hydrogen (secondary N) is 2. The van der Waals surface area contributed by atoms with Crippen LogP contribution in [0.5, 0.6) is 5.75 Å². The van der Waals surface area contributed by atoms with E-state index in [9.17, 15) is 9.59 Å². The van der Waals surface area contributed by atoms with Crippen LogP contribution in [0.4, 0.5) is 10.5 Å². The first-order valence-corrected chi connectivity index (χ1v) is 9.83. The van der Waals surface area contributed by atoms with Crippen molar-refractivity contribution in [2.45, 2.75) is 34.2 Å². The number of pyridine rings is 1. The van der Waals surface area contributed by atoms with Crippen molar-refractivity contribution in [3.05, 3.63) is 69.5 Å². The zero-order valence-corrected chi connectivity index (χ0v) is 17.3. The minimum Gasteiger partial charge on any atom is -0.492 e. The molecule has 1 aromatic heterocycles. The minimum absolute atomic E-state index is 0.169. The molecule has 0 bridgehead atoms. The molecule has 29 heavy (non-hydrogen) atoms. The molecule has 2 aromatic carbocycles. The summed E-state index contributed by atoms with van der Waals surface area (Å²) in [7, 11) is 0. The van der Waals surface area contributed by atoms with Crippen LogP contribution >= 0.6 is 0 Å². The second-order valence-corrected chi connectivity index (χ2v) is 7.04. The van der Waals surface area contributed by atoms with Crippen LogP contribution in [0.3, 0.4) is 0 Å². The van der Waals surface area contributed by atoms with Gasteiger partial charge in [0.1, 0.15) is 5.75 Å². The van der Waals surface area contributed by atoms with Crippen LogP contribution < -0.4 is 15.6 Å². The Hall–Kier alpha value is -3.28. The van der Waals surface area contributed by atoms with Crippen molar-refractivity contribution in [2.24, 2.45) is 0 Å². The van der Waals surface area contributed by atoms with Gasteiger partial charge >= 0.3 is 6.03 Å². The van der Waals surface area contributed by atoms with Gasteiger partial charge in [0.25, 0.3) is 0 Å². The molecule has 0 atom stereocenters. The smallest absolute Gasteiger partial charge is 0.322 e. The van der Waals surface area contributed by atoms with Gasteiger partial charge in [-0.3, -0.25) is 4.79 Å². The molecular formula is C23H27N3O3. The number of hydrogen-bond acceptors (Lipinski definition) is 3. The normalized spacial score (nSPS) is 10.8. The number of ether oxygens (including phenoxy) is 1. The molecule has 0 saturated carbocycles. The highest BCUT2D eigenvalue weighted by Crippen LogP contribution is 2.25. The van der Waals surface area contributed by atoms with E-state index in [4.69, 9.17) is 4.74 Å². The van der Waals surface area contributed by atoms with Gasteiger partial charge in [-0.1, -0.05) is 23.8 Å². The van der Waals surface area contributed by atoms with Crippen LogP contribution in [0, 0.1) is 13.8 Å². The van der Waals surface area contributed by atoms with Crippen molar-refractivity contribution in [1.29, 1.82) is 0 Å². The Morgan fingerprint density at radius 1 is 1.14 bits per heavy atom. The Balaban J connectivity index is 1.91. The summed E-state index contributed by atoms with van der Waals surface area (Å²) in [5, 5.41) is 3.89. The minimum atomic E-state index is -0.238. The molecule has 6 nitrogen and oxygen atoms in total. The van der Waals surface area contributed by atoms with Gasteiger partial charge in [-0.05, 0) is 57.0 Å². The van der Waals surface area contributed by atoms with Crippen LogP contribution in [0.2, 0.25) is 0 Å². The molecule has 0 spiro atoms. The van der Waals surface area contributed by atoms with Gasteiger partial charge in [0, 0.05) is 24.5 Å². The van der Waals surface area contributed by atoms with Crippen molar-refractivity contribution in [2.75, 3.05) is 18.5 Å². The van der Waals surface area contributed by atoms with Gasteiger partial charge in [-0.25, -0.2) is 4.79 Å². The SMILES string of the molecule is CCOc1ccccc1NC(=O)N(CC)Cc1cc(=O)[nH]c2c(C)cc(C)cc12. The number of fused-ring (bicyclic) bond motifs is 1. The number of aryl methyl sites for hydroxylation is 2. The van der Waals surface area contributed by atoms with Crippen molar-refractivity contribution in [3.63, 3.8) is 0 Å². The number of benzene rings is 2. The average molecular weight is 393 g/mol. The number of nitrogens with zero attached hydrogens (tertiary/aromatic N) is 1. The van der Waals surface area contributed by atoms with Crippen LogP contribution in [0.1, 0.15) is 30.5 Å². The van der Waals surface area contributed by atoms with E-state index in [-0.39, 0.29) is 11.6 Å². The monoisotopic (exact) mass is 393 g/mol. The number of hydrogen-bond donors (Lipinski definition) is 2. The van der Waals surface area contributed by atoms with E-state index in [0.29, 0.717) is 31.1 Å². The quantitative estimate of drug-likeness (QED) is 0.643. The number of H-pyrrole nitrogens is 1. The second-order valence-electron chi connectivity index (χ2n) is 7.04. The Bertz CT molecular complexity index is 1090. The number of carbonyl (C=O) groups is 1. The number of carbonyl (C=O) groups excluding carboxylic acids is 1. The van der Waals surface area contributed by atoms with E-state index in [1.54, 1.807) is 11.0 Å². The van der Waals surface area contributed by atoms with Crippen LogP contribution in [0.25, 0.3) is 10.9 Å². The topological polar surface area (TPSA) is 74.4 Å². The fourth-order valence-corrected chi connectivity index (χ4v) is 3.49. The largest absolute Gasteiger partial charge is 0.492 e. The first kappa shape index (κ1) is 20.5. The molecule has 2 N–H and O–H groups in total. The maximum atomic E-state index is 12.9. The van der Waals surface area contributed by atoms with E-state index in [2.05, 4.69) is 10.3 Å². The summed E-state index contributed by atoms with van der Waals surface area (Å²) >= 11 is 0. The molecule has 0 unspecified atom stereocenters. The number of anilines is 1. The molecule has 0 radical (unpaired) electrons. The predicted molar refractivity (Wildman–Crippen MR) is 117 cm³/mol. The third-order valence-corrected chi connectivity index (χ3v) is 4.84. The third-order valence-electron chi connectivity index (χ3n) is 4.84. The molecule has 152 valence electrons. The predicted octanol–water partition coefficient (Wildman–Crippen LogP) is 4.60. The summed E-state index contributed by atoms with van der Waals surface area (Å²) in [4.78, 5) is 29.7. The molecule has 0 saturated heterocycles. The lowest BCUT2D eigenvalue weighted by molar-refractivity contribution is 0.212. The Morgan fingerprint density at radius 2 is 1.90 bits per heavy atom. The molecule has 1 heterocycles. The van der Waals surface area contributed by atoms with Gasteiger partial charge in [0.05, 0.1) is 17.8 Å². The van der Waals surface area contributed by atoms with Crippen molar-refractivity contribution >= 4 is 22.6 Å². The maximum Gasteiger partial charge on any atom is 0.322 e. The number of aromatic amines is 1. The molecule has 0 aliphatic heterocycles. The molecule has 2 amide bonds. The highest BCUT2D eigenvalue weighted by molar-refractivity contribution is 5.91. The number of amides is 2. The van der Waals surface area contributed by atoms with E-state index in [1.165, 1.54) is 0 Å². The lowest BCUT2D eigenvalue weighted by Gasteiger charge is -2.23. The van der Waals surface area contributed by atoms with Crippen LogP contribution in [0.15, 0.2) is 47.3 Å². The summed E-state index contributed by atoms with van der Waals surface area (Å²) in [6.07, 6.45) is 0. The van der Waals surface area contributed by atoms with E-state index < -0.39 is 0 Å². The maximum absolute atomic E-state index is 12.9. The third kappa shape index (κ3) is 4.59. The lowest BCUT2D eigenvalue weighted by Crippen LogP contribution is -2.34. The number of aromatic nitrogens is 1. The van der Waals surface area contributed by atoms with Crippen molar-refractivity contribution in [3.8, 4) is 5.75 Å². The first-order valence-electron chi connectivity index (χ1n) is 9.83. The van der Waals surface area contributed by atoms with Gasteiger partial charge in [-0.15, -0.1) is 0 Å². The van der Waals surface area contributed by atoms with Crippen molar-refractivity contribution < 1.29 is 9.53 Å². The standard InChI is InChI=1S/C23H27N3O3/c1-5-26(23(28)24-19-9-7-8-10-20(19)29-6-2)14-17-13-21(27)25-22-16(4)11-15(3)12-18(17)22/h7-13H,5-6,14H2,1-4H3,(H,24,28)(H,25,27). The van der Waals surface area contributed by atoms with Crippen molar-refractivity contribution in [1.82, 2.24) is 9.88 Å².